The molecule has 1 heterocycles. The maximum atomic E-state index is 13.2. The molecule has 0 spiro atoms. The van der Waals surface area contributed by atoms with Gasteiger partial charge in [0.05, 0.1) is 30.6 Å². The van der Waals surface area contributed by atoms with Crippen LogP contribution in [-0.2, 0) is 19.3 Å². The number of aliphatic hydroxyl groups excluding tert-OH is 1. The van der Waals surface area contributed by atoms with Gasteiger partial charge in [0.25, 0.3) is 0 Å². The number of hydrogen-bond acceptors (Lipinski definition) is 3. The Morgan fingerprint density at radius 2 is 2.00 bits per heavy atom. The van der Waals surface area contributed by atoms with Crippen LogP contribution in [0.3, 0.4) is 0 Å². The van der Waals surface area contributed by atoms with E-state index in [1.165, 1.54) is 10.9 Å². The van der Waals surface area contributed by atoms with Gasteiger partial charge in [0, 0.05) is 12.7 Å². The number of aromatic nitrogens is 2. The highest BCUT2D eigenvalue weighted by Gasteiger charge is 2.31. The van der Waals surface area contributed by atoms with Crippen molar-refractivity contribution in [2.75, 3.05) is 11.9 Å². The summed E-state index contributed by atoms with van der Waals surface area (Å²) in [4.78, 5) is 0. The average Bonchev–Trinajstić information content (AvgIpc) is 2.83. The van der Waals surface area contributed by atoms with Gasteiger partial charge in [-0.1, -0.05) is 0 Å². The Kier molecular flexibility index (Phi) is 4.46. The summed E-state index contributed by atoms with van der Waals surface area (Å²) in [5, 5.41) is 15.5. The molecule has 0 aliphatic heterocycles. The van der Waals surface area contributed by atoms with Gasteiger partial charge in [0.1, 0.15) is 5.82 Å². The van der Waals surface area contributed by atoms with Crippen LogP contribution in [0.15, 0.2) is 30.6 Å². The van der Waals surface area contributed by atoms with Crippen LogP contribution >= 0.6 is 0 Å². The first-order valence-electron chi connectivity index (χ1n) is 6.12. The standard InChI is InChI=1S/C13H13F4N3O/c14-11-4-9(3-10(5-11)13(15,16)17)6-18-12-7-19-20(8-12)1-2-21/h3-5,7-8,18,21H,1-2,6H2. The Morgan fingerprint density at radius 3 is 2.67 bits per heavy atom. The summed E-state index contributed by atoms with van der Waals surface area (Å²) < 4.78 is 52.4. The fourth-order valence-electron chi connectivity index (χ4n) is 1.80. The molecule has 0 saturated carbocycles. The van der Waals surface area contributed by atoms with Crippen LogP contribution in [0.1, 0.15) is 11.1 Å². The van der Waals surface area contributed by atoms with Crippen molar-refractivity contribution < 1.29 is 22.7 Å². The number of hydrogen-bond donors (Lipinski definition) is 2. The molecule has 0 amide bonds. The minimum atomic E-state index is -4.58. The van der Waals surface area contributed by atoms with Gasteiger partial charge in [0.2, 0.25) is 0 Å². The van der Waals surface area contributed by atoms with Crippen LogP contribution in [0.25, 0.3) is 0 Å². The fourth-order valence-corrected chi connectivity index (χ4v) is 1.80. The van der Waals surface area contributed by atoms with Crippen LogP contribution in [0.5, 0.6) is 0 Å². The summed E-state index contributed by atoms with van der Waals surface area (Å²) in [6.07, 6.45) is -1.51. The molecule has 0 unspecified atom stereocenters. The van der Waals surface area contributed by atoms with E-state index in [0.717, 1.165) is 12.1 Å². The molecule has 0 bridgehead atoms. The van der Waals surface area contributed by atoms with E-state index in [1.807, 2.05) is 0 Å². The second-order valence-electron chi connectivity index (χ2n) is 4.42. The largest absolute Gasteiger partial charge is 0.416 e. The molecule has 0 aliphatic carbocycles. The summed E-state index contributed by atoms with van der Waals surface area (Å²) in [5.74, 6) is -0.933. The number of halogens is 4. The van der Waals surface area contributed by atoms with Gasteiger partial charge in [-0.3, -0.25) is 4.68 Å². The first-order valence-corrected chi connectivity index (χ1v) is 6.12. The zero-order chi connectivity index (χ0) is 15.5. The third kappa shape index (κ3) is 4.19. The van der Waals surface area contributed by atoms with Gasteiger partial charge in [-0.2, -0.15) is 18.3 Å². The molecule has 2 rings (SSSR count). The first-order chi connectivity index (χ1) is 9.88. The van der Waals surface area contributed by atoms with Crippen molar-refractivity contribution >= 4 is 5.69 Å². The molecule has 4 nitrogen and oxygen atoms in total. The van der Waals surface area contributed by atoms with Crippen molar-refractivity contribution in [1.82, 2.24) is 9.78 Å². The Hall–Kier alpha value is -2.09. The molecule has 2 aromatic rings. The summed E-state index contributed by atoms with van der Waals surface area (Å²) in [6.45, 7) is 0.283. The van der Waals surface area contributed by atoms with Crippen LogP contribution in [0.2, 0.25) is 0 Å². The molecule has 1 aromatic heterocycles. The maximum Gasteiger partial charge on any atom is 0.416 e. The highest BCUT2D eigenvalue weighted by Crippen LogP contribution is 2.30. The zero-order valence-corrected chi connectivity index (χ0v) is 10.9. The third-order valence-corrected chi connectivity index (χ3v) is 2.74. The normalized spacial score (nSPS) is 11.7. The summed E-state index contributed by atoms with van der Waals surface area (Å²) >= 11 is 0. The maximum absolute atomic E-state index is 13.2. The molecule has 0 fully saturated rings. The van der Waals surface area contributed by atoms with Crippen molar-refractivity contribution in [3.63, 3.8) is 0 Å². The van der Waals surface area contributed by atoms with Crippen molar-refractivity contribution in [1.29, 1.82) is 0 Å². The van der Waals surface area contributed by atoms with Gasteiger partial charge in [0.15, 0.2) is 0 Å². The molecule has 0 saturated heterocycles. The van der Waals surface area contributed by atoms with Gasteiger partial charge in [-0.15, -0.1) is 0 Å². The Bertz CT molecular complexity index is 610. The van der Waals surface area contributed by atoms with E-state index in [1.54, 1.807) is 6.20 Å². The molecule has 2 N–H and O–H groups in total. The topological polar surface area (TPSA) is 50.1 Å². The number of nitrogens with one attached hydrogen (secondary N) is 1. The van der Waals surface area contributed by atoms with Gasteiger partial charge >= 0.3 is 6.18 Å². The van der Waals surface area contributed by atoms with Gasteiger partial charge in [-0.25, -0.2) is 4.39 Å². The molecule has 0 atom stereocenters. The van der Waals surface area contributed by atoms with E-state index in [-0.39, 0.29) is 18.7 Å². The summed E-state index contributed by atoms with van der Waals surface area (Å²) in [5.41, 5.74) is -0.270. The predicted molar refractivity (Wildman–Crippen MR) is 68.0 cm³/mol. The van der Waals surface area contributed by atoms with E-state index in [4.69, 9.17) is 5.11 Å². The number of benzene rings is 1. The lowest BCUT2D eigenvalue weighted by atomic mass is 10.1. The second kappa shape index (κ2) is 6.13. The zero-order valence-electron chi connectivity index (χ0n) is 10.9. The van der Waals surface area contributed by atoms with E-state index < -0.39 is 17.6 Å². The highest BCUT2D eigenvalue weighted by molar-refractivity contribution is 5.40. The van der Waals surface area contributed by atoms with Gasteiger partial charge < -0.3 is 10.4 Å². The molecule has 0 aliphatic rings. The van der Waals surface area contributed by atoms with E-state index in [0.29, 0.717) is 18.3 Å². The van der Waals surface area contributed by atoms with Crippen molar-refractivity contribution in [3.8, 4) is 0 Å². The number of anilines is 1. The molecule has 0 radical (unpaired) electrons. The molecule has 21 heavy (non-hydrogen) atoms. The highest BCUT2D eigenvalue weighted by atomic mass is 19.4. The number of alkyl halides is 3. The monoisotopic (exact) mass is 303 g/mol. The second-order valence-corrected chi connectivity index (χ2v) is 4.42. The van der Waals surface area contributed by atoms with Crippen molar-refractivity contribution in [3.05, 3.63) is 47.5 Å². The number of nitrogens with zero attached hydrogens (tertiary/aromatic N) is 2. The predicted octanol–water partition coefficient (Wildman–Crippen LogP) is 2.65. The lowest BCUT2D eigenvalue weighted by molar-refractivity contribution is -0.137. The molecular formula is C13H13F4N3O. The smallest absolute Gasteiger partial charge is 0.394 e. The fraction of sp³-hybridized carbons (Fsp3) is 0.308. The van der Waals surface area contributed by atoms with Crippen LogP contribution < -0.4 is 5.32 Å². The lowest BCUT2D eigenvalue weighted by Crippen LogP contribution is -2.08. The van der Waals surface area contributed by atoms with Crippen LogP contribution in [-0.4, -0.2) is 21.5 Å². The number of aliphatic hydroxyl groups is 1. The molecule has 1 aromatic carbocycles. The molecule has 8 heteroatoms. The summed E-state index contributed by atoms with van der Waals surface area (Å²) in [6, 6.07) is 2.40. The van der Waals surface area contributed by atoms with Crippen LogP contribution in [0.4, 0.5) is 23.2 Å². The average molecular weight is 303 g/mol. The van der Waals surface area contributed by atoms with E-state index >= 15 is 0 Å². The SMILES string of the molecule is OCCn1cc(NCc2cc(F)cc(C(F)(F)F)c2)cn1. The minimum Gasteiger partial charge on any atom is -0.394 e. The lowest BCUT2D eigenvalue weighted by Gasteiger charge is -2.10. The molecule has 114 valence electrons. The molecular weight excluding hydrogens is 290 g/mol. The van der Waals surface area contributed by atoms with Crippen molar-refractivity contribution in [2.45, 2.75) is 19.3 Å². The summed E-state index contributed by atoms with van der Waals surface area (Å²) in [7, 11) is 0. The Labute approximate surface area is 118 Å². The van der Waals surface area contributed by atoms with Crippen molar-refractivity contribution in [2.24, 2.45) is 0 Å². The minimum absolute atomic E-state index is 0.0334. The number of rotatable bonds is 5. The Balaban J connectivity index is 2.07. The van der Waals surface area contributed by atoms with E-state index in [2.05, 4.69) is 10.4 Å². The van der Waals surface area contributed by atoms with Crippen LogP contribution in [0, 0.1) is 5.82 Å². The van der Waals surface area contributed by atoms with Gasteiger partial charge in [-0.05, 0) is 23.8 Å². The third-order valence-electron chi connectivity index (χ3n) is 2.74. The quantitative estimate of drug-likeness (QED) is 0.835. The first kappa shape index (κ1) is 15.3. The Morgan fingerprint density at radius 1 is 1.24 bits per heavy atom. The van der Waals surface area contributed by atoms with E-state index in [9.17, 15) is 17.6 Å².